The molecule has 0 saturated carbocycles. The number of hydrogen-bond donors (Lipinski definition) is 1. The number of hydrogen-bond acceptors (Lipinski definition) is 2. The van der Waals surface area contributed by atoms with Crippen LogP contribution in [0, 0.1) is 5.92 Å². The second-order valence-electron chi connectivity index (χ2n) is 4.79. The van der Waals surface area contributed by atoms with Crippen molar-refractivity contribution in [3.63, 3.8) is 0 Å². The zero-order valence-electron chi connectivity index (χ0n) is 10.2. The standard InChI is InChI=1S/C14H17NO2/c1-9(2)14(17)11-6-7-12-10(8-11)4-3-5-13(16)15-12/h6-9H,3-5H2,1-2H3,(H,15,16). The van der Waals surface area contributed by atoms with Gasteiger partial charge >= 0.3 is 0 Å². The Morgan fingerprint density at radius 3 is 2.76 bits per heavy atom. The number of ketones is 1. The minimum Gasteiger partial charge on any atom is -0.326 e. The maximum atomic E-state index is 11.9. The van der Waals surface area contributed by atoms with Crippen LogP contribution in [-0.2, 0) is 11.2 Å². The molecule has 0 atom stereocenters. The van der Waals surface area contributed by atoms with Gasteiger partial charge in [0.2, 0.25) is 5.91 Å². The van der Waals surface area contributed by atoms with Gasteiger partial charge < -0.3 is 5.32 Å². The lowest BCUT2D eigenvalue weighted by Gasteiger charge is -2.10. The molecule has 0 saturated heterocycles. The van der Waals surface area contributed by atoms with Gasteiger partial charge in [0.05, 0.1) is 0 Å². The third-order valence-corrected chi connectivity index (χ3v) is 3.04. The summed E-state index contributed by atoms with van der Waals surface area (Å²) in [7, 11) is 0. The number of aryl methyl sites for hydroxylation is 1. The predicted molar refractivity (Wildman–Crippen MR) is 67.2 cm³/mol. The lowest BCUT2D eigenvalue weighted by molar-refractivity contribution is -0.116. The molecule has 1 heterocycles. The zero-order valence-corrected chi connectivity index (χ0v) is 10.2. The molecule has 17 heavy (non-hydrogen) atoms. The van der Waals surface area contributed by atoms with Gasteiger partial charge in [-0.3, -0.25) is 9.59 Å². The highest BCUT2D eigenvalue weighted by Crippen LogP contribution is 2.24. The van der Waals surface area contributed by atoms with Crippen LogP contribution < -0.4 is 5.32 Å². The number of amides is 1. The van der Waals surface area contributed by atoms with Gasteiger partial charge in [-0.25, -0.2) is 0 Å². The molecule has 0 spiro atoms. The highest BCUT2D eigenvalue weighted by atomic mass is 16.1. The van der Waals surface area contributed by atoms with Crippen LogP contribution >= 0.6 is 0 Å². The molecule has 3 nitrogen and oxygen atoms in total. The molecule has 2 rings (SSSR count). The van der Waals surface area contributed by atoms with Crippen LogP contribution in [0.5, 0.6) is 0 Å². The lowest BCUT2D eigenvalue weighted by atomic mass is 9.97. The van der Waals surface area contributed by atoms with Crippen molar-refractivity contribution in [2.75, 3.05) is 5.32 Å². The van der Waals surface area contributed by atoms with Gasteiger partial charge in [0, 0.05) is 23.6 Å². The molecule has 1 aromatic rings. The van der Waals surface area contributed by atoms with Crippen molar-refractivity contribution in [2.45, 2.75) is 33.1 Å². The topological polar surface area (TPSA) is 46.2 Å². The number of fused-ring (bicyclic) bond motifs is 1. The molecule has 0 aliphatic carbocycles. The van der Waals surface area contributed by atoms with Gasteiger partial charge in [-0.1, -0.05) is 13.8 Å². The minimum atomic E-state index is 0.00780. The summed E-state index contributed by atoms with van der Waals surface area (Å²) in [4.78, 5) is 23.3. The van der Waals surface area contributed by atoms with E-state index in [0.29, 0.717) is 6.42 Å². The van der Waals surface area contributed by atoms with E-state index in [-0.39, 0.29) is 17.6 Å². The van der Waals surface area contributed by atoms with Crippen LogP contribution in [0.2, 0.25) is 0 Å². The Bertz CT molecular complexity index is 463. The first-order chi connectivity index (χ1) is 8.08. The lowest BCUT2D eigenvalue weighted by Crippen LogP contribution is -2.11. The summed E-state index contributed by atoms with van der Waals surface area (Å²) in [5.74, 6) is 0.225. The Labute approximate surface area is 101 Å². The molecule has 1 amide bonds. The first-order valence-electron chi connectivity index (χ1n) is 6.05. The van der Waals surface area contributed by atoms with Crippen molar-refractivity contribution in [2.24, 2.45) is 5.92 Å². The van der Waals surface area contributed by atoms with Crippen LogP contribution in [0.1, 0.15) is 42.6 Å². The SMILES string of the molecule is CC(C)C(=O)c1ccc2c(c1)CCCC(=O)N2. The number of Topliss-reactive ketones (excluding diaryl/α,β-unsaturated/α-hetero) is 1. The number of carbonyl (C=O) groups is 2. The van der Waals surface area contributed by atoms with E-state index in [9.17, 15) is 9.59 Å². The van der Waals surface area contributed by atoms with E-state index in [1.54, 1.807) is 6.07 Å². The van der Waals surface area contributed by atoms with Gasteiger partial charge in [0.1, 0.15) is 0 Å². The van der Waals surface area contributed by atoms with Crippen LogP contribution in [0.25, 0.3) is 0 Å². The summed E-state index contributed by atoms with van der Waals surface area (Å²) in [6.07, 6.45) is 2.26. The molecule has 0 unspecified atom stereocenters. The molecule has 3 heteroatoms. The maximum absolute atomic E-state index is 11.9. The second kappa shape index (κ2) is 4.70. The molecular weight excluding hydrogens is 214 g/mol. The molecule has 0 radical (unpaired) electrons. The Morgan fingerprint density at radius 1 is 1.29 bits per heavy atom. The Balaban J connectivity index is 2.34. The highest BCUT2D eigenvalue weighted by Gasteiger charge is 2.16. The van der Waals surface area contributed by atoms with E-state index in [4.69, 9.17) is 0 Å². The normalized spacial score (nSPS) is 15.1. The molecule has 1 aliphatic heterocycles. The third-order valence-electron chi connectivity index (χ3n) is 3.04. The summed E-state index contributed by atoms with van der Waals surface area (Å²) in [5, 5.41) is 2.87. The Kier molecular flexibility index (Phi) is 3.27. The third kappa shape index (κ3) is 2.54. The molecule has 1 aliphatic rings. The quantitative estimate of drug-likeness (QED) is 0.795. The van der Waals surface area contributed by atoms with Crippen molar-refractivity contribution in [1.82, 2.24) is 0 Å². The average Bonchev–Trinajstić information content (AvgIpc) is 2.47. The van der Waals surface area contributed by atoms with Gasteiger partial charge in [0.15, 0.2) is 5.78 Å². The fraction of sp³-hybridized carbons (Fsp3) is 0.429. The molecule has 0 fully saturated rings. The van der Waals surface area contributed by atoms with Crippen molar-refractivity contribution in [1.29, 1.82) is 0 Å². The highest BCUT2D eigenvalue weighted by molar-refractivity contribution is 5.99. The summed E-state index contributed by atoms with van der Waals surface area (Å²) < 4.78 is 0. The minimum absolute atomic E-state index is 0.00780. The summed E-state index contributed by atoms with van der Waals surface area (Å²) in [6, 6.07) is 5.56. The largest absolute Gasteiger partial charge is 0.326 e. The fourth-order valence-electron chi connectivity index (χ4n) is 2.06. The van der Waals surface area contributed by atoms with Crippen molar-refractivity contribution in [3.05, 3.63) is 29.3 Å². The van der Waals surface area contributed by atoms with E-state index >= 15 is 0 Å². The first-order valence-corrected chi connectivity index (χ1v) is 6.05. The monoisotopic (exact) mass is 231 g/mol. The van der Waals surface area contributed by atoms with E-state index < -0.39 is 0 Å². The van der Waals surface area contributed by atoms with Crippen LogP contribution in [0.15, 0.2) is 18.2 Å². The predicted octanol–water partition coefficient (Wildman–Crippen LogP) is 2.80. The Hall–Kier alpha value is -1.64. The van der Waals surface area contributed by atoms with Crippen molar-refractivity contribution >= 4 is 17.4 Å². The molecule has 0 aromatic heterocycles. The summed E-state index contributed by atoms with van der Waals surface area (Å²) in [5.41, 5.74) is 2.67. The van der Waals surface area contributed by atoms with E-state index in [2.05, 4.69) is 5.32 Å². The van der Waals surface area contributed by atoms with E-state index in [0.717, 1.165) is 29.7 Å². The number of anilines is 1. The van der Waals surface area contributed by atoms with Gasteiger partial charge in [-0.2, -0.15) is 0 Å². The molecule has 0 bridgehead atoms. The number of rotatable bonds is 2. The second-order valence-corrected chi connectivity index (χ2v) is 4.79. The van der Waals surface area contributed by atoms with Crippen LogP contribution in [-0.4, -0.2) is 11.7 Å². The van der Waals surface area contributed by atoms with Crippen LogP contribution in [0.4, 0.5) is 5.69 Å². The molecule has 1 N–H and O–H groups in total. The molecular formula is C14H17NO2. The van der Waals surface area contributed by atoms with Crippen molar-refractivity contribution < 1.29 is 9.59 Å². The molecule has 1 aromatic carbocycles. The number of nitrogens with one attached hydrogen (secondary N) is 1. The van der Waals surface area contributed by atoms with Gasteiger partial charge in [-0.15, -0.1) is 0 Å². The fourth-order valence-corrected chi connectivity index (χ4v) is 2.06. The number of carbonyl (C=O) groups excluding carboxylic acids is 2. The number of benzene rings is 1. The molecule has 90 valence electrons. The van der Waals surface area contributed by atoms with Crippen molar-refractivity contribution in [3.8, 4) is 0 Å². The average molecular weight is 231 g/mol. The smallest absolute Gasteiger partial charge is 0.224 e. The van der Waals surface area contributed by atoms with Gasteiger partial charge in [-0.05, 0) is 36.6 Å². The zero-order chi connectivity index (χ0) is 12.4. The van der Waals surface area contributed by atoms with Crippen LogP contribution in [0.3, 0.4) is 0 Å². The first kappa shape index (κ1) is 11.8. The maximum Gasteiger partial charge on any atom is 0.224 e. The summed E-state index contributed by atoms with van der Waals surface area (Å²) >= 11 is 0. The van der Waals surface area contributed by atoms with E-state index in [1.807, 2.05) is 26.0 Å². The van der Waals surface area contributed by atoms with Gasteiger partial charge in [0.25, 0.3) is 0 Å². The van der Waals surface area contributed by atoms with E-state index in [1.165, 1.54) is 0 Å². The Morgan fingerprint density at radius 2 is 2.06 bits per heavy atom. The summed E-state index contributed by atoms with van der Waals surface area (Å²) in [6.45, 7) is 3.80.